The van der Waals surface area contributed by atoms with Gasteiger partial charge in [-0.2, -0.15) is 4.98 Å². The van der Waals surface area contributed by atoms with Crippen LogP contribution in [0.1, 0.15) is 26.7 Å². The average Bonchev–Trinajstić information content (AvgIpc) is 2.74. The van der Waals surface area contributed by atoms with Crippen LogP contribution in [0.2, 0.25) is 0 Å². The first kappa shape index (κ1) is 12.0. The number of hydrogen-bond donors (Lipinski definition) is 1. The Morgan fingerprint density at radius 1 is 1.32 bits per heavy atom. The molecule has 4 nitrogen and oxygen atoms in total. The minimum atomic E-state index is -0.255. The van der Waals surface area contributed by atoms with Crippen LogP contribution in [0.25, 0.3) is 16.6 Å². The maximum absolute atomic E-state index is 12.2. The third-order valence-electron chi connectivity index (χ3n) is 4.18. The Morgan fingerprint density at radius 3 is 2.68 bits per heavy atom. The number of para-hydroxylation sites is 1. The topological polar surface area (TPSA) is 46.9 Å². The first-order valence-corrected chi connectivity index (χ1v) is 6.62. The van der Waals surface area contributed by atoms with Crippen molar-refractivity contribution in [3.63, 3.8) is 0 Å². The molecule has 0 unspecified atom stereocenters. The van der Waals surface area contributed by atoms with E-state index in [1.165, 1.54) is 0 Å². The normalized spacial score (nSPS) is 16.4. The molecule has 19 heavy (non-hydrogen) atoms. The van der Waals surface area contributed by atoms with Crippen molar-refractivity contribution in [1.29, 1.82) is 0 Å². The van der Waals surface area contributed by atoms with E-state index in [1.807, 2.05) is 24.3 Å². The van der Waals surface area contributed by atoms with Crippen LogP contribution in [0.3, 0.4) is 0 Å². The van der Waals surface area contributed by atoms with E-state index >= 15 is 0 Å². The molecule has 0 spiro atoms. The summed E-state index contributed by atoms with van der Waals surface area (Å²) in [6, 6.07) is 7.69. The highest BCUT2D eigenvalue weighted by Crippen LogP contribution is 2.40. The number of benzene rings is 1. The lowest BCUT2D eigenvalue weighted by molar-refractivity contribution is 0.557. The Labute approximate surface area is 111 Å². The molecule has 0 aliphatic carbocycles. The van der Waals surface area contributed by atoms with E-state index in [0.717, 1.165) is 35.3 Å². The molecule has 0 radical (unpaired) electrons. The smallest absolute Gasteiger partial charge is 0.354 e. The monoisotopic (exact) mass is 255 g/mol. The molecule has 1 aromatic carbocycles. The van der Waals surface area contributed by atoms with Gasteiger partial charge >= 0.3 is 5.69 Å². The molecule has 1 aromatic heterocycles. The number of hydrogen-bond acceptors (Lipinski definition) is 3. The van der Waals surface area contributed by atoms with Crippen molar-refractivity contribution in [3.05, 3.63) is 41.3 Å². The number of fused-ring (bicyclic) bond motifs is 3. The quantitative estimate of drug-likeness (QED) is 0.897. The minimum Gasteiger partial charge on any atom is -0.360 e. The Morgan fingerprint density at radius 2 is 2.00 bits per heavy atom. The summed E-state index contributed by atoms with van der Waals surface area (Å²) in [6.07, 6.45) is 1.77. The molecule has 0 atom stereocenters. The summed E-state index contributed by atoms with van der Waals surface area (Å²) in [5.41, 5.74) is 1.03. The maximum atomic E-state index is 12.2. The highest BCUT2D eigenvalue weighted by molar-refractivity contribution is 5.94. The lowest BCUT2D eigenvalue weighted by atomic mass is 9.91. The van der Waals surface area contributed by atoms with Crippen molar-refractivity contribution in [2.24, 2.45) is 0 Å². The highest BCUT2D eigenvalue weighted by atomic mass is 16.1. The second kappa shape index (κ2) is 3.95. The van der Waals surface area contributed by atoms with Gasteiger partial charge in [-0.05, 0) is 25.0 Å². The minimum absolute atomic E-state index is 0.238. The Balaban J connectivity index is 2.36. The standard InChI is InChI=1S/C15H17N3O/c1-4-15(5-2)10(3)18-13(17-15)11-8-6-7-9-12(11)16-14(18)19/h6-9,17H,3-5H2,1-2H3. The molecule has 98 valence electrons. The number of anilines is 1. The third-order valence-corrected chi connectivity index (χ3v) is 4.18. The second-order valence-corrected chi connectivity index (χ2v) is 4.96. The van der Waals surface area contributed by atoms with Crippen LogP contribution >= 0.6 is 0 Å². The van der Waals surface area contributed by atoms with E-state index in [-0.39, 0.29) is 11.2 Å². The van der Waals surface area contributed by atoms with E-state index in [9.17, 15) is 4.79 Å². The lowest BCUT2D eigenvalue weighted by Gasteiger charge is -2.27. The molecule has 1 aliphatic heterocycles. The fourth-order valence-corrected chi connectivity index (χ4v) is 2.86. The molecule has 2 heterocycles. The van der Waals surface area contributed by atoms with Gasteiger partial charge < -0.3 is 5.32 Å². The molecule has 3 rings (SSSR count). The Bertz CT molecular complexity index is 726. The zero-order chi connectivity index (χ0) is 13.6. The SMILES string of the molecule is C=C1n2c(c3ccccc3nc2=O)NC1(CC)CC. The predicted molar refractivity (Wildman–Crippen MR) is 78.3 cm³/mol. The summed E-state index contributed by atoms with van der Waals surface area (Å²) in [5, 5.41) is 4.47. The highest BCUT2D eigenvalue weighted by Gasteiger charge is 2.39. The van der Waals surface area contributed by atoms with Gasteiger partial charge in [-0.1, -0.05) is 32.6 Å². The second-order valence-electron chi connectivity index (χ2n) is 4.96. The zero-order valence-corrected chi connectivity index (χ0v) is 11.2. The molecule has 1 aliphatic rings. The van der Waals surface area contributed by atoms with Gasteiger partial charge in [0.25, 0.3) is 0 Å². The van der Waals surface area contributed by atoms with Gasteiger partial charge in [-0.15, -0.1) is 0 Å². The zero-order valence-electron chi connectivity index (χ0n) is 11.2. The van der Waals surface area contributed by atoms with Crippen LogP contribution in [0.5, 0.6) is 0 Å². The molecule has 0 bridgehead atoms. The van der Waals surface area contributed by atoms with Gasteiger partial charge in [-0.3, -0.25) is 0 Å². The van der Waals surface area contributed by atoms with Crippen molar-refractivity contribution >= 4 is 22.4 Å². The van der Waals surface area contributed by atoms with E-state index in [0.29, 0.717) is 0 Å². The van der Waals surface area contributed by atoms with Gasteiger partial charge in [0.15, 0.2) is 0 Å². The van der Waals surface area contributed by atoms with E-state index in [1.54, 1.807) is 4.57 Å². The van der Waals surface area contributed by atoms with E-state index < -0.39 is 0 Å². The summed E-state index contributed by atoms with van der Waals surface area (Å²) in [4.78, 5) is 16.3. The largest absolute Gasteiger partial charge is 0.360 e. The summed E-state index contributed by atoms with van der Waals surface area (Å²) in [6.45, 7) is 8.33. The van der Waals surface area contributed by atoms with Crippen molar-refractivity contribution in [1.82, 2.24) is 9.55 Å². The van der Waals surface area contributed by atoms with Crippen LogP contribution in [0.4, 0.5) is 5.82 Å². The Kier molecular flexibility index (Phi) is 2.49. The molecule has 0 fully saturated rings. The van der Waals surface area contributed by atoms with Crippen LogP contribution in [0, 0.1) is 0 Å². The van der Waals surface area contributed by atoms with Gasteiger partial charge in [0.1, 0.15) is 5.82 Å². The molecule has 1 N–H and O–H groups in total. The van der Waals surface area contributed by atoms with E-state index in [4.69, 9.17) is 0 Å². The van der Waals surface area contributed by atoms with Gasteiger partial charge in [0, 0.05) is 11.1 Å². The number of rotatable bonds is 2. The van der Waals surface area contributed by atoms with Crippen LogP contribution in [-0.2, 0) is 0 Å². The van der Waals surface area contributed by atoms with Crippen molar-refractivity contribution < 1.29 is 0 Å². The molecule has 0 saturated heterocycles. The molecular formula is C15H17N3O. The fourth-order valence-electron chi connectivity index (χ4n) is 2.86. The molecule has 2 aromatic rings. The molecule has 4 heteroatoms. The molecular weight excluding hydrogens is 238 g/mol. The summed E-state index contributed by atoms with van der Waals surface area (Å²) in [5.74, 6) is 0.823. The lowest BCUT2D eigenvalue weighted by Crippen LogP contribution is -2.34. The molecule has 0 amide bonds. The van der Waals surface area contributed by atoms with Crippen LogP contribution < -0.4 is 11.0 Å². The van der Waals surface area contributed by atoms with Crippen LogP contribution in [-0.4, -0.2) is 15.1 Å². The Hall–Kier alpha value is -2.10. The fraction of sp³-hybridized carbons (Fsp3) is 0.333. The van der Waals surface area contributed by atoms with Gasteiger partial charge in [0.05, 0.1) is 11.1 Å². The summed E-state index contributed by atoms with van der Waals surface area (Å²) in [7, 11) is 0. The van der Waals surface area contributed by atoms with E-state index in [2.05, 4.69) is 30.7 Å². The predicted octanol–water partition coefficient (Wildman–Crippen LogP) is 2.85. The van der Waals surface area contributed by atoms with Crippen molar-refractivity contribution in [2.45, 2.75) is 32.2 Å². The number of nitrogens with zero attached hydrogens (tertiary/aromatic N) is 2. The van der Waals surface area contributed by atoms with Gasteiger partial charge in [-0.25, -0.2) is 9.36 Å². The summed E-state index contributed by atoms with van der Waals surface area (Å²) >= 11 is 0. The van der Waals surface area contributed by atoms with Crippen LogP contribution in [0.15, 0.2) is 35.6 Å². The average molecular weight is 255 g/mol. The third kappa shape index (κ3) is 1.46. The molecule has 0 saturated carbocycles. The van der Waals surface area contributed by atoms with Gasteiger partial charge in [0.2, 0.25) is 0 Å². The van der Waals surface area contributed by atoms with Crippen molar-refractivity contribution in [3.8, 4) is 0 Å². The van der Waals surface area contributed by atoms with Crippen molar-refractivity contribution in [2.75, 3.05) is 5.32 Å². The maximum Gasteiger partial charge on any atom is 0.354 e. The first-order valence-electron chi connectivity index (χ1n) is 6.62. The number of nitrogens with one attached hydrogen (secondary N) is 1. The summed E-state index contributed by atoms with van der Waals surface area (Å²) < 4.78 is 1.62. The first-order chi connectivity index (χ1) is 9.13. The number of aromatic nitrogens is 2.